The lowest BCUT2D eigenvalue weighted by molar-refractivity contribution is -0.132. The molecule has 4 rings (SSSR count). The lowest BCUT2D eigenvalue weighted by Gasteiger charge is -2.36. The maximum Gasteiger partial charge on any atom is 0.248 e. The first-order chi connectivity index (χ1) is 11.8. The second-order valence-corrected chi connectivity index (χ2v) is 6.88. The smallest absolute Gasteiger partial charge is 0.248 e. The number of rotatable bonds is 4. The Kier molecular flexibility index (Phi) is 5.45. The number of benzene rings is 1. The molecule has 2 heterocycles. The molecule has 0 bridgehead atoms. The summed E-state index contributed by atoms with van der Waals surface area (Å²) in [7, 11) is 0. The van der Waals surface area contributed by atoms with Crippen molar-refractivity contribution in [3.8, 4) is 0 Å². The Morgan fingerprint density at radius 3 is 2.84 bits per heavy atom. The number of nitrogens with one attached hydrogen (secondary N) is 2. The van der Waals surface area contributed by atoms with Crippen LogP contribution in [-0.2, 0) is 16.8 Å². The number of hydrogen-bond acceptors (Lipinski definition) is 3. The van der Waals surface area contributed by atoms with E-state index in [1.54, 1.807) is 6.20 Å². The first-order valence-corrected chi connectivity index (χ1v) is 8.86. The summed E-state index contributed by atoms with van der Waals surface area (Å²) >= 11 is 0. The quantitative estimate of drug-likeness (QED) is 0.879. The average molecular weight is 361 g/mol. The van der Waals surface area contributed by atoms with Crippen LogP contribution in [0.25, 0.3) is 0 Å². The molecule has 1 aliphatic carbocycles. The number of aryl methyl sites for hydroxylation is 1. The summed E-state index contributed by atoms with van der Waals surface area (Å²) in [6, 6.07) is 10.5. The van der Waals surface area contributed by atoms with Gasteiger partial charge in [-0.05, 0) is 56.0 Å². The Bertz CT molecular complexity index is 710. The van der Waals surface area contributed by atoms with Gasteiger partial charge in [-0.1, -0.05) is 24.3 Å². The van der Waals surface area contributed by atoms with Crippen molar-refractivity contribution in [3.05, 3.63) is 53.9 Å². The molecule has 25 heavy (non-hydrogen) atoms. The number of amides is 1. The molecule has 0 radical (unpaired) electrons. The second-order valence-electron chi connectivity index (χ2n) is 6.88. The first-order valence-electron chi connectivity index (χ1n) is 8.86. The minimum absolute atomic E-state index is 0. The highest BCUT2D eigenvalue weighted by molar-refractivity contribution is 5.85. The van der Waals surface area contributed by atoms with Gasteiger partial charge in [0.1, 0.15) is 5.54 Å². The zero-order valence-corrected chi connectivity index (χ0v) is 15.1. The Hall–Kier alpha value is -1.85. The fourth-order valence-corrected chi connectivity index (χ4v) is 4.16. The fourth-order valence-electron chi connectivity index (χ4n) is 4.16. The van der Waals surface area contributed by atoms with Crippen LogP contribution in [-0.4, -0.2) is 35.3 Å². The Morgan fingerprint density at radius 1 is 1.28 bits per heavy atom. The van der Waals surface area contributed by atoms with E-state index in [4.69, 9.17) is 0 Å². The number of carbonyl (C=O) groups excluding carboxylic acids is 1. The standard InChI is InChI=1S/C19H24N4O.ClH/c24-18(19(8-11-20-12-9-19)23-13-3-10-22-23)21-14-16-7-6-15-4-1-2-5-17(15)16;/h1-5,10,13,16,20H,6-9,11-12,14H2,(H,21,24);1H. The third-order valence-electron chi connectivity index (χ3n) is 5.56. The minimum Gasteiger partial charge on any atom is -0.353 e. The van der Waals surface area contributed by atoms with E-state index in [2.05, 4.69) is 40.0 Å². The molecule has 1 fully saturated rings. The van der Waals surface area contributed by atoms with Gasteiger partial charge in [0, 0.05) is 24.9 Å². The van der Waals surface area contributed by atoms with Gasteiger partial charge in [0.25, 0.3) is 0 Å². The third kappa shape index (κ3) is 3.31. The number of fused-ring (bicyclic) bond motifs is 1. The molecule has 1 saturated heterocycles. The second kappa shape index (κ2) is 7.58. The van der Waals surface area contributed by atoms with E-state index >= 15 is 0 Å². The topological polar surface area (TPSA) is 59.0 Å². The Morgan fingerprint density at radius 2 is 2.08 bits per heavy atom. The molecule has 2 aliphatic rings. The number of carbonyl (C=O) groups is 1. The van der Waals surface area contributed by atoms with Gasteiger partial charge < -0.3 is 10.6 Å². The van der Waals surface area contributed by atoms with E-state index in [-0.39, 0.29) is 18.3 Å². The summed E-state index contributed by atoms with van der Waals surface area (Å²) in [5.41, 5.74) is 2.28. The van der Waals surface area contributed by atoms with Crippen LogP contribution in [0.15, 0.2) is 42.7 Å². The van der Waals surface area contributed by atoms with Crippen molar-refractivity contribution in [1.82, 2.24) is 20.4 Å². The summed E-state index contributed by atoms with van der Waals surface area (Å²) in [6.45, 7) is 2.41. The largest absolute Gasteiger partial charge is 0.353 e. The van der Waals surface area contributed by atoms with Crippen LogP contribution in [0.1, 0.15) is 36.3 Å². The minimum atomic E-state index is -0.549. The summed E-state index contributed by atoms with van der Waals surface area (Å²) in [6.07, 6.45) is 7.46. The Labute approximate surface area is 154 Å². The van der Waals surface area contributed by atoms with Crippen LogP contribution < -0.4 is 10.6 Å². The van der Waals surface area contributed by atoms with Crippen molar-refractivity contribution in [3.63, 3.8) is 0 Å². The van der Waals surface area contributed by atoms with Gasteiger partial charge in [0.05, 0.1) is 0 Å². The molecule has 6 heteroatoms. The molecule has 5 nitrogen and oxygen atoms in total. The summed E-state index contributed by atoms with van der Waals surface area (Å²) in [5, 5.41) is 11.0. The molecule has 1 atom stereocenters. The number of piperidine rings is 1. The predicted octanol–water partition coefficient (Wildman–Crippen LogP) is 2.23. The highest BCUT2D eigenvalue weighted by Crippen LogP contribution is 2.33. The molecule has 1 unspecified atom stereocenters. The molecule has 1 aliphatic heterocycles. The van der Waals surface area contributed by atoms with Gasteiger partial charge in [-0.3, -0.25) is 9.48 Å². The van der Waals surface area contributed by atoms with E-state index in [9.17, 15) is 4.79 Å². The van der Waals surface area contributed by atoms with E-state index in [0.717, 1.165) is 38.8 Å². The van der Waals surface area contributed by atoms with Gasteiger partial charge in [-0.2, -0.15) is 5.10 Å². The van der Waals surface area contributed by atoms with Crippen molar-refractivity contribution in [2.24, 2.45) is 0 Å². The lowest BCUT2D eigenvalue weighted by atomic mass is 9.87. The van der Waals surface area contributed by atoms with Gasteiger partial charge in [0.15, 0.2) is 0 Å². The van der Waals surface area contributed by atoms with Crippen LogP contribution in [0.2, 0.25) is 0 Å². The van der Waals surface area contributed by atoms with E-state index < -0.39 is 5.54 Å². The van der Waals surface area contributed by atoms with Crippen molar-refractivity contribution in [2.75, 3.05) is 19.6 Å². The molecule has 2 aromatic rings. The molecule has 0 saturated carbocycles. The molecular formula is C19H25ClN4O. The Balaban J connectivity index is 0.00000182. The number of nitrogens with zero attached hydrogens (tertiary/aromatic N) is 2. The molecular weight excluding hydrogens is 336 g/mol. The van der Waals surface area contributed by atoms with E-state index in [0.29, 0.717) is 12.5 Å². The molecule has 1 aromatic heterocycles. The van der Waals surface area contributed by atoms with Gasteiger partial charge >= 0.3 is 0 Å². The third-order valence-corrected chi connectivity index (χ3v) is 5.56. The monoisotopic (exact) mass is 360 g/mol. The summed E-state index contributed by atoms with van der Waals surface area (Å²) in [5.74, 6) is 0.540. The van der Waals surface area contributed by atoms with Crippen LogP contribution in [0.5, 0.6) is 0 Å². The maximum absolute atomic E-state index is 13.1. The lowest BCUT2D eigenvalue weighted by Crippen LogP contribution is -2.55. The number of halogens is 1. The highest BCUT2D eigenvalue weighted by Gasteiger charge is 2.42. The van der Waals surface area contributed by atoms with Gasteiger partial charge in [-0.15, -0.1) is 12.4 Å². The van der Waals surface area contributed by atoms with Crippen LogP contribution in [0.3, 0.4) is 0 Å². The van der Waals surface area contributed by atoms with Crippen molar-refractivity contribution >= 4 is 18.3 Å². The summed E-state index contributed by atoms with van der Waals surface area (Å²) < 4.78 is 1.85. The zero-order chi connectivity index (χ0) is 16.4. The highest BCUT2D eigenvalue weighted by atomic mass is 35.5. The van der Waals surface area contributed by atoms with Crippen molar-refractivity contribution in [2.45, 2.75) is 37.1 Å². The molecule has 134 valence electrons. The van der Waals surface area contributed by atoms with Crippen molar-refractivity contribution < 1.29 is 4.79 Å². The molecule has 1 aromatic carbocycles. The van der Waals surface area contributed by atoms with E-state index in [1.165, 1.54) is 11.1 Å². The van der Waals surface area contributed by atoms with Gasteiger partial charge in [0.2, 0.25) is 5.91 Å². The fraction of sp³-hybridized carbons (Fsp3) is 0.474. The number of hydrogen-bond donors (Lipinski definition) is 2. The molecule has 2 N–H and O–H groups in total. The first kappa shape index (κ1) is 18.0. The van der Waals surface area contributed by atoms with E-state index in [1.807, 2.05) is 16.9 Å². The molecule has 0 spiro atoms. The number of aromatic nitrogens is 2. The molecule has 1 amide bonds. The maximum atomic E-state index is 13.1. The van der Waals surface area contributed by atoms with Crippen LogP contribution in [0.4, 0.5) is 0 Å². The zero-order valence-electron chi connectivity index (χ0n) is 14.3. The summed E-state index contributed by atoms with van der Waals surface area (Å²) in [4.78, 5) is 13.1. The average Bonchev–Trinajstić information content (AvgIpc) is 3.30. The predicted molar refractivity (Wildman–Crippen MR) is 100 cm³/mol. The normalized spacial score (nSPS) is 21.2. The van der Waals surface area contributed by atoms with Gasteiger partial charge in [-0.25, -0.2) is 0 Å². The van der Waals surface area contributed by atoms with Crippen LogP contribution in [0, 0.1) is 0 Å². The van der Waals surface area contributed by atoms with Crippen LogP contribution >= 0.6 is 12.4 Å². The SMILES string of the molecule is Cl.O=C(NCC1CCc2ccccc21)C1(n2cccn2)CCNCC1. The van der Waals surface area contributed by atoms with Crippen molar-refractivity contribution in [1.29, 1.82) is 0 Å².